The summed E-state index contributed by atoms with van der Waals surface area (Å²) in [5.41, 5.74) is 8.49. The summed E-state index contributed by atoms with van der Waals surface area (Å²) in [6.07, 6.45) is 3.50. The number of thiazole rings is 1. The highest BCUT2D eigenvalue weighted by Gasteiger charge is 2.19. The zero-order valence-corrected chi connectivity index (χ0v) is 17.5. The summed E-state index contributed by atoms with van der Waals surface area (Å²) in [5, 5.41) is 1.20. The number of nitrogens with zero attached hydrogens (tertiary/aromatic N) is 7. The topological polar surface area (TPSA) is 55.7 Å². The smallest absolute Gasteiger partial charge is 0.195 e. The average molecular weight is 411 g/mol. The van der Waals surface area contributed by atoms with Gasteiger partial charge in [0.2, 0.25) is 0 Å². The SMILES string of the molecule is CN(C)c1ccc2c(c1)nc1sc3c(ccc4cc5n(C)c6nccnc6n5c43)n12. The molecule has 0 radical (unpaired) electrons. The molecule has 7 aromatic rings. The van der Waals surface area contributed by atoms with E-state index in [4.69, 9.17) is 4.98 Å². The van der Waals surface area contributed by atoms with Crippen LogP contribution in [0.5, 0.6) is 0 Å². The maximum atomic E-state index is 4.95. The Bertz CT molecular complexity index is 1790. The quantitative estimate of drug-likeness (QED) is 0.400. The van der Waals surface area contributed by atoms with Crippen LogP contribution in [-0.4, -0.2) is 42.4 Å². The van der Waals surface area contributed by atoms with Gasteiger partial charge < -0.3 is 9.47 Å². The van der Waals surface area contributed by atoms with Gasteiger partial charge in [0.25, 0.3) is 0 Å². The first-order chi connectivity index (χ1) is 14.6. The van der Waals surface area contributed by atoms with Gasteiger partial charge in [0.15, 0.2) is 16.3 Å². The number of benzene rings is 2. The van der Waals surface area contributed by atoms with Gasteiger partial charge in [-0.25, -0.2) is 15.0 Å². The highest BCUT2D eigenvalue weighted by molar-refractivity contribution is 7.24. The molecule has 0 saturated carbocycles. The van der Waals surface area contributed by atoms with E-state index in [-0.39, 0.29) is 0 Å². The van der Waals surface area contributed by atoms with E-state index >= 15 is 0 Å². The Kier molecular flexibility index (Phi) is 2.85. The van der Waals surface area contributed by atoms with E-state index in [1.54, 1.807) is 23.7 Å². The summed E-state index contributed by atoms with van der Waals surface area (Å²) in [4.78, 5) is 17.2. The molecule has 5 heterocycles. The van der Waals surface area contributed by atoms with Crippen molar-refractivity contribution in [2.75, 3.05) is 19.0 Å². The molecule has 0 aliphatic carbocycles. The van der Waals surface area contributed by atoms with Gasteiger partial charge in [-0.3, -0.25) is 8.80 Å². The first kappa shape index (κ1) is 16.2. The van der Waals surface area contributed by atoms with Crippen molar-refractivity contribution in [3.05, 3.63) is 48.8 Å². The highest BCUT2D eigenvalue weighted by atomic mass is 32.1. The fourth-order valence-electron chi connectivity index (χ4n) is 4.52. The van der Waals surface area contributed by atoms with Crippen molar-refractivity contribution in [1.82, 2.24) is 28.3 Å². The van der Waals surface area contributed by atoms with Crippen molar-refractivity contribution in [3.63, 3.8) is 0 Å². The average Bonchev–Trinajstić information content (AvgIpc) is 3.45. The maximum absolute atomic E-state index is 4.95. The molecule has 0 spiro atoms. The molecule has 0 atom stereocenters. The minimum Gasteiger partial charge on any atom is -0.378 e. The van der Waals surface area contributed by atoms with Crippen molar-refractivity contribution in [1.29, 1.82) is 0 Å². The molecule has 0 aliphatic heterocycles. The molecule has 2 aromatic carbocycles. The number of fused-ring (bicyclic) bond motifs is 11. The van der Waals surface area contributed by atoms with Crippen molar-refractivity contribution in [3.8, 4) is 0 Å². The number of hydrogen-bond acceptors (Lipinski definition) is 5. The van der Waals surface area contributed by atoms with E-state index < -0.39 is 0 Å². The minimum atomic E-state index is 0.879. The lowest BCUT2D eigenvalue weighted by molar-refractivity contribution is 0.976. The molecule has 0 bridgehead atoms. The van der Waals surface area contributed by atoms with Gasteiger partial charge in [0.1, 0.15) is 5.65 Å². The van der Waals surface area contributed by atoms with Gasteiger partial charge in [0, 0.05) is 44.6 Å². The largest absolute Gasteiger partial charge is 0.378 e. The standard InChI is InChI=1S/C22H17N7S/c1-26(2)13-5-7-15-14(11-13)25-22-28(15)16-6-4-12-10-17-27(3)20-21(24-9-8-23-20)29(17)18(12)19(16)30-22/h4-11H,1-3H3. The van der Waals surface area contributed by atoms with E-state index in [9.17, 15) is 0 Å². The zero-order valence-electron chi connectivity index (χ0n) is 16.7. The van der Waals surface area contributed by atoms with Crippen molar-refractivity contribution in [2.45, 2.75) is 0 Å². The van der Waals surface area contributed by atoms with E-state index in [0.717, 1.165) is 38.6 Å². The Morgan fingerprint density at radius 1 is 0.900 bits per heavy atom. The lowest BCUT2D eigenvalue weighted by Gasteiger charge is -2.11. The van der Waals surface area contributed by atoms with Gasteiger partial charge in [0.05, 0.1) is 26.8 Å². The van der Waals surface area contributed by atoms with Crippen molar-refractivity contribution < 1.29 is 0 Å². The lowest BCUT2D eigenvalue weighted by Crippen LogP contribution is -2.08. The Hall–Kier alpha value is -3.65. The maximum Gasteiger partial charge on any atom is 0.195 e. The fourth-order valence-corrected chi connectivity index (χ4v) is 5.71. The molecule has 0 unspecified atom stereocenters. The third kappa shape index (κ3) is 1.82. The number of aromatic nitrogens is 6. The number of rotatable bonds is 1. The van der Waals surface area contributed by atoms with Crippen LogP contribution >= 0.6 is 11.3 Å². The van der Waals surface area contributed by atoms with E-state index in [1.165, 1.54) is 21.1 Å². The Labute approximate surface area is 174 Å². The minimum absolute atomic E-state index is 0.879. The predicted molar refractivity (Wildman–Crippen MR) is 123 cm³/mol. The second kappa shape index (κ2) is 5.28. The van der Waals surface area contributed by atoms with Crippen LogP contribution in [-0.2, 0) is 7.05 Å². The van der Waals surface area contributed by atoms with E-state index in [0.29, 0.717) is 0 Å². The number of imidazole rings is 2. The third-order valence-electron chi connectivity index (χ3n) is 5.97. The molecule has 5 aromatic heterocycles. The van der Waals surface area contributed by atoms with Gasteiger partial charge >= 0.3 is 0 Å². The van der Waals surface area contributed by atoms with E-state index in [2.05, 4.69) is 78.7 Å². The van der Waals surface area contributed by atoms with Crippen LogP contribution in [0.3, 0.4) is 0 Å². The number of aryl methyl sites for hydroxylation is 1. The Morgan fingerprint density at radius 2 is 1.70 bits per heavy atom. The van der Waals surface area contributed by atoms with Crippen LogP contribution in [0.4, 0.5) is 5.69 Å². The lowest BCUT2D eigenvalue weighted by atomic mass is 10.2. The monoisotopic (exact) mass is 411 g/mol. The molecule has 8 heteroatoms. The molecule has 0 amide bonds. The van der Waals surface area contributed by atoms with Crippen LogP contribution in [0.2, 0.25) is 0 Å². The summed E-state index contributed by atoms with van der Waals surface area (Å²) in [6, 6.07) is 13.1. The summed E-state index contributed by atoms with van der Waals surface area (Å²) >= 11 is 1.73. The van der Waals surface area contributed by atoms with Crippen molar-refractivity contribution in [2.24, 2.45) is 7.05 Å². The molecule has 0 N–H and O–H groups in total. The van der Waals surface area contributed by atoms with E-state index in [1.807, 2.05) is 7.05 Å². The molecule has 0 aliphatic rings. The highest BCUT2D eigenvalue weighted by Crippen LogP contribution is 2.38. The molecule has 146 valence electrons. The second-order valence-corrected chi connectivity index (χ2v) is 8.83. The first-order valence-corrected chi connectivity index (χ1v) is 10.5. The zero-order chi connectivity index (χ0) is 20.1. The summed E-state index contributed by atoms with van der Waals surface area (Å²) < 4.78 is 7.81. The summed E-state index contributed by atoms with van der Waals surface area (Å²) in [6.45, 7) is 0. The second-order valence-electron chi connectivity index (χ2n) is 7.85. The Morgan fingerprint density at radius 3 is 2.53 bits per heavy atom. The van der Waals surface area contributed by atoms with Crippen LogP contribution in [0, 0.1) is 0 Å². The van der Waals surface area contributed by atoms with Crippen LogP contribution in [0.25, 0.3) is 54.1 Å². The third-order valence-corrected chi connectivity index (χ3v) is 7.03. The summed E-state index contributed by atoms with van der Waals surface area (Å²) in [5.74, 6) is 0. The molecular formula is C22H17N7S. The molecule has 30 heavy (non-hydrogen) atoms. The van der Waals surface area contributed by atoms with Crippen LogP contribution in [0.15, 0.2) is 48.8 Å². The van der Waals surface area contributed by atoms with Gasteiger partial charge in [-0.15, -0.1) is 0 Å². The van der Waals surface area contributed by atoms with Gasteiger partial charge in [-0.2, -0.15) is 0 Å². The molecule has 7 nitrogen and oxygen atoms in total. The van der Waals surface area contributed by atoms with Gasteiger partial charge in [-0.05, 0) is 30.3 Å². The number of hydrogen-bond donors (Lipinski definition) is 0. The predicted octanol–water partition coefficient (Wildman–Crippen LogP) is 4.46. The fraction of sp³-hybridized carbons (Fsp3) is 0.136. The summed E-state index contributed by atoms with van der Waals surface area (Å²) in [7, 11) is 6.15. The molecule has 7 rings (SSSR count). The van der Waals surface area contributed by atoms with Crippen LogP contribution in [0.1, 0.15) is 0 Å². The molecular weight excluding hydrogens is 394 g/mol. The normalized spacial score (nSPS) is 12.5. The van der Waals surface area contributed by atoms with Crippen molar-refractivity contribution >= 4 is 71.1 Å². The Balaban J connectivity index is 1.67. The number of anilines is 1. The first-order valence-electron chi connectivity index (χ1n) is 9.73. The van der Waals surface area contributed by atoms with Crippen LogP contribution < -0.4 is 4.90 Å². The molecule has 0 saturated heterocycles. The van der Waals surface area contributed by atoms with Gasteiger partial charge in [-0.1, -0.05) is 17.4 Å². The molecule has 0 fully saturated rings.